The molecule has 2 N–H and O–H groups in total. The van der Waals surface area contributed by atoms with Gasteiger partial charge in [0, 0.05) is 13.1 Å². The zero-order valence-electron chi connectivity index (χ0n) is 13.5. The third-order valence-electron chi connectivity index (χ3n) is 3.63. The molecule has 0 atom stereocenters. The minimum atomic E-state index is -1.04. The molecule has 0 bridgehead atoms. The van der Waals surface area contributed by atoms with Crippen molar-refractivity contribution < 1.29 is 23.9 Å². The molecule has 2 rings (SSSR count). The minimum Gasteiger partial charge on any atom is -0.465 e. The lowest BCUT2D eigenvalue weighted by Gasteiger charge is -2.11. The summed E-state index contributed by atoms with van der Waals surface area (Å²) < 4.78 is 12.9. The molecule has 1 aromatic rings. The van der Waals surface area contributed by atoms with E-state index in [1.54, 1.807) is 18.2 Å². The van der Waals surface area contributed by atoms with Crippen LogP contribution in [0.15, 0.2) is 29.2 Å². The number of unbranched alkanes of at least 4 members (excludes halogenated alkanes) is 3. The maximum absolute atomic E-state index is 12.9. The molecule has 134 valence electrons. The number of thioether (sulfide) groups is 1. The maximum atomic E-state index is 12.9. The monoisotopic (exact) mass is 366 g/mol. The number of amides is 3. The summed E-state index contributed by atoms with van der Waals surface area (Å²) in [6, 6.07) is 5.70. The smallest absolute Gasteiger partial charge is 0.404 e. The molecule has 25 heavy (non-hydrogen) atoms. The van der Waals surface area contributed by atoms with Gasteiger partial charge in [-0.25, -0.2) is 9.18 Å². The average molecular weight is 366 g/mol. The summed E-state index contributed by atoms with van der Waals surface area (Å²) in [6.07, 6.45) is 3.57. The lowest BCUT2D eigenvalue weighted by Crippen LogP contribution is -2.29. The Labute approximate surface area is 149 Å². The molecule has 0 radical (unpaired) electrons. The van der Waals surface area contributed by atoms with Crippen molar-refractivity contribution in [3.63, 3.8) is 0 Å². The Bertz CT molecular complexity index is 676. The van der Waals surface area contributed by atoms with E-state index in [1.165, 1.54) is 17.0 Å². The Hall–Kier alpha value is -2.35. The SMILES string of the molecule is O=C(O)NCCCCCCN1C(=O)SC(=Cc2ccc(F)cc2)C1=O. The number of nitrogens with zero attached hydrogens (tertiary/aromatic N) is 1. The van der Waals surface area contributed by atoms with Crippen molar-refractivity contribution in [2.24, 2.45) is 0 Å². The molecule has 3 amide bonds. The van der Waals surface area contributed by atoms with E-state index >= 15 is 0 Å². The fourth-order valence-corrected chi connectivity index (χ4v) is 3.21. The fourth-order valence-electron chi connectivity index (χ4n) is 2.35. The summed E-state index contributed by atoms with van der Waals surface area (Å²) in [4.78, 5) is 36.1. The average Bonchev–Trinajstić information content (AvgIpc) is 2.83. The third kappa shape index (κ3) is 5.90. The Balaban J connectivity index is 1.79. The van der Waals surface area contributed by atoms with E-state index in [9.17, 15) is 18.8 Å². The lowest BCUT2D eigenvalue weighted by molar-refractivity contribution is -0.122. The maximum Gasteiger partial charge on any atom is 0.404 e. The van der Waals surface area contributed by atoms with Gasteiger partial charge in [0.05, 0.1) is 4.91 Å². The van der Waals surface area contributed by atoms with Gasteiger partial charge in [0.15, 0.2) is 0 Å². The Kier molecular flexibility index (Phi) is 7.00. The Morgan fingerprint density at radius 2 is 1.84 bits per heavy atom. The fraction of sp³-hybridized carbons (Fsp3) is 0.353. The van der Waals surface area contributed by atoms with Gasteiger partial charge in [-0.3, -0.25) is 14.5 Å². The van der Waals surface area contributed by atoms with E-state index in [4.69, 9.17) is 5.11 Å². The molecule has 1 saturated heterocycles. The molecule has 0 aromatic heterocycles. The number of benzene rings is 1. The number of rotatable bonds is 8. The minimum absolute atomic E-state index is 0.300. The summed E-state index contributed by atoms with van der Waals surface area (Å²) in [7, 11) is 0. The predicted molar refractivity (Wildman–Crippen MR) is 93.6 cm³/mol. The van der Waals surface area contributed by atoms with Crippen molar-refractivity contribution in [1.82, 2.24) is 10.2 Å². The van der Waals surface area contributed by atoms with Crippen molar-refractivity contribution in [3.05, 3.63) is 40.6 Å². The topological polar surface area (TPSA) is 86.7 Å². The van der Waals surface area contributed by atoms with Gasteiger partial charge >= 0.3 is 6.09 Å². The highest BCUT2D eigenvalue weighted by atomic mass is 32.2. The van der Waals surface area contributed by atoms with Gasteiger partial charge in [0.2, 0.25) is 0 Å². The molecule has 1 heterocycles. The molecule has 0 aliphatic carbocycles. The van der Waals surface area contributed by atoms with E-state index in [-0.39, 0.29) is 17.0 Å². The van der Waals surface area contributed by atoms with Crippen molar-refractivity contribution in [1.29, 1.82) is 0 Å². The molecular formula is C17H19FN2O4S. The number of carboxylic acid groups (broad SMARTS) is 1. The van der Waals surface area contributed by atoms with Gasteiger partial charge in [0.1, 0.15) is 5.82 Å². The summed E-state index contributed by atoms with van der Waals surface area (Å²) in [6.45, 7) is 0.745. The highest BCUT2D eigenvalue weighted by molar-refractivity contribution is 8.18. The van der Waals surface area contributed by atoms with Crippen LogP contribution in [0.25, 0.3) is 6.08 Å². The first-order valence-corrected chi connectivity index (χ1v) is 8.77. The highest BCUT2D eigenvalue weighted by Crippen LogP contribution is 2.32. The van der Waals surface area contributed by atoms with Crippen molar-refractivity contribution in [2.75, 3.05) is 13.1 Å². The number of nitrogens with one attached hydrogen (secondary N) is 1. The second-order valence-electron chi connectivity index (χ2n) is 5.53. The first-order chi connectivity index (χ1) is 12.0. The number of hydrogen-bond acceptors (Lipinski definition) is 4. The molecule has 1 fully saturated rings. The summed E-state index contributed by atoms with van der Waals surface area (Å²) in [5.41, 5.74) is 0.665. The van der Waals surface area contributed by atoms with Gasteiger partial charge in [0.25, 0.3) is 11.1 Å². The van der Waals surface area contributed by atoms with Crippen molar-refractivity contribution >= 4 is 35.1 Å². The molecule has 0 saturated carbocycles. The van der Waals surface area contributed by atoms with Gasteiger partial charge in [-0.05, 0) is 48.4 Å². The molecule has 0 spiro atoms. The number of halogens is 1. The molecule has 6 nitrogen and oxygen atoms in total. The number of carbonyl (C=O) groups excluding carboxylic acids is 2. The van der Waals surface area contributed by atoms with Crippen molar-refractivity contribution in [2.45, 2.75) is 25.7 Å². The first-order valence-electron chi connectivity index (χ1n) is 7.95. The van der Waals surface area contributed by atoms with E-state index in [0.29, 0.717) is 30.0 Å². The van der Waals surface area contributed by atoms with Crippen LogP contribution in [0.5, 0.6) is 0 Å². The number of imide groups is 1. The van der Waals surface area contributed by atoms with Crippen LogP contribution in [0.3, 0.4) is 0 Å². The molecule has 8 heteroatoms. The molecule has 1 aliphatic heterocycles. The highest BCUT2D eigenvalue weighted by Gasteiger charge is 2.34. The molecule has 0 unspecified atom stereocenters. The Morgan fingerprint density at radius 1 is 1.16 bits per heavy atom. The normalized spacial score (nSPS) is 15.9. The summed E-state index contributed by atoms with van der Waals surface area (Å²) in [5, 5.41) is 10.4. The van der Waals surface area contributed by atoms with E-state index < -0.39 is 6.09 Å². The van der Waals surface area contributed by atoms with Crippen molar-refractivity contribution in [3.8, 4) is 0 Å². The summed E-state index contributed by atoms with van der Waals surface area (Å²) >= 11 is 0.885. The van der Waals surface area contributed by atoms with Crippen LogP contribution in [0, 0.1) is 5.82 Å². The second kappa shape index (κ2) is 9.22. The standard InChI is InChI=1S/C17H19FN2O4S/c18-13-7-5-12(6-8-13)11-14-15(21)20(17(24)25-14)10-4-2-1-3-9-19-16(22)23/h5-8,11,19H,1-4,9-10H2,(H,22,23). The van der Waals surface area contributed by atoms with Crippen LogP contribution < -0.4 is 5.32 Å². The molecule has 1 aliphatic rings. The lowest BCUT2D eigenvalue weighted by atomic mass is 10.2. The molecule has 1 aromatic carbocycles. The van der Waals surface area contributed by atoms with Crippen LogP contribution in [-0.2, 0) is 4.79 Å². The summed E-state index contributed by atoms with van der Waals surface area (Å²) in [5.74, 6) is -0.685. The van der Waals surface area contributed by atoms with Gasteiger partial charge < -0.3 is 10.4 Å². The second-order valence-corrected chi connectivity index (χ2v) is 6.52. The zero-order chi connectivity index (χ0) is 18.2. The van der Waals surface area contributed by atoms with Gasteiger partial charge in [-0.15, -0.1) is 0 Å². The molecular weight excluding hydrogens is 347 g/mol. The number of hydrogen-bond donors (Lipinski definition) is 2. The van der Waals surface area contributed by atoms with Crippen LogP contribution >= 0.6 is 11.8 Å². The largest absolute Gasteiger partial charge is 0.465 e. The van der Waals surface area contributed by atoms with E-state index in [0.717, 1.165) is 31.0 Å². The van der Waals surface area contributed by atoms with Crippen LogP contribution in [0.2, 0.25) is 0 Å². The van der Waals surface area contributed by atoms with Gasteiger partial charge in [-0.2, -0.15) is 0 Å². The zero-order valence-corrected chi connectivity index (χ0v) is 14.4. The van der Waals surface area contributed by atoms with Crippen LogP contribution in [0.4, 0.5) is 14.0 Å². The van der Waals surface area contributed by atoms with Crippen LogP contribution in [-0.4, -0.2) is 40.3 Å². The third-order valence-corrected chi connectivity index (χ3v) is 4.53. The quantitative estimate of drug-likeness (QED) is 0.541. The Morgan fingerprint density at radius 3 is 2.52 bits per heavy atom. The first kappa shape index (κ1) is 19.0. The van der Waals surface area contributed by atoms with E-state index in [2.05, 4.69) is 5.32 Å². The predicted octanol–water partition coefficient (Wildman–Crippen LogP) is 3.69. The van der Waals surface area contributed by atoms with E-state index in [1.807, 2.05) is 0 Å². The van der Waals surface area contributed by atoms with Gasteiger partial charge in [-0.1, -0.05) is 25.0 Å². The number of carbonyl (C=O) groups is 3. The van der Waals surface area contributed by atoms with Crippen LogP contribution in [0.1, 0.15) is 31.2 Å².